The first kappa shape index (κ1) is 12.8. The first-order valence-corrected chi connectivity index (χ1v) is 5.18. The van der Waals surface area contributed by atoms with E-state index in [0.29, 0.717) is 6.42 Å². The smallest absolute Gasteiger partial charge is 0.189 e. The number of aliphatic hydroxyl groups excluding tert-OH is 3. The van der Waals surface area contributed by atoms with Gasteiger partial charge >= 0.3 is 0 Å². The van der Waals surface area contributed by atoms with E-state index in [-0.39, 0.29) is 6.42 Å². The SMILES string of the molecule is O=C(CO)[C@@H](O)[C@H](O)CCc1ccccc1. The van der Waals surface area contributed by atoms with E-state index >= 15 is 0 Å². The highest BCUT2D eigenvalue weighted by molar-refractivity contribution is 5.84. The molecule has 0 fully saturated rings. The van der Waals surface area contributed by atoms with Crippen LogP contribution in [0.3, 0.4) is 0 Å². The van der Waals surface area contributed by atoms with E-state index in [1.807, 2.05) is 30.3 Å². The molecule has 0 aliphatic heterocycles. The molecule has 16 heavy (non-hydrogen) atoms. The number of carbonyl (C=O) groups excluding carboxylic acids is 1. The Morgan fingerprint density at radius 3 is 2.38 bits per heavy atom. The average Bonchev–Trinajstić information content (AvgIpc) is 2.35. The highest BCUT2D eigenvalue weighted by Gasteiger charge is 2.22. The predicted octanol–water partition coefficient (Wildman–Crippen LogP) is -0.0976. The minimum atomic E-state index is -1.49. The highest BCUT2D eigenvalue weighted by Crippen LogP contribution is 2.08. The monoisotopic (exact) mass is 224 g/mol. The Bertz CT molecular complexity index is 323. The Hall–Kier alpha value is -1.23. The van der Waals surface area contributed by atoms with Gasteiger partial charge in [-0.3, -0.25) is 4.79 Å². The number of Topliss-reactive ketones (excluding diaryl/α,β-unsaturated/α-hetero) is 1. The average molecular weight is 224 g/mol. The molecule has 4 nitrogen and oxygen atoms in total. The second-order valence-corrected chi connectivity index (χ2v) is 3.66. The molecule has 0 aromatic heterocycles. The molecule has 1 aromatic carbocycles. The molecule has 0 heterocycles. The standard InChI is InChI=1S/C12H16O4/c13-8-11(15)12(16)10(14)7-6-9-4-2-1-3-5-9/h1-5,10,12-14,16H,6-8H2/t10-,12+/m1/s1. The van der Waals surface area contributed by atoms with E-state index < -0.39 is 24.6 Å². The largest absolute Gasteiger partial charge is 0.390 e. The van der Waals surface area contributed by atoms with Gasteiger partial charge < -0.3 is 15.3 Å². The maximum absolute atomic E-state index is 10.9. The van der Waals surface area contributed by atoms with Gasteiger partial charge in [0.15, 0.2) is 5.78 Å². The zero-order chi connectivity index (χ0) is 12.0. The topological polar surface area (TPSA) is 77.8 Å². The van der Waals surface area contributed by atoms with Crippen molar-refractivity contribution in [3.05, 3.63) is 35.9 Å². The maximum Gasteiger partial charge on any atom is 0.189 e. The number of rotatable bonds is 6. The van der Waals surface area contributed by atoms with Crippen LogP contribution in [0.1, 0.15) is 12.0 Å². The van der Waals surface area contributed by atoms with E-state index in [2.05, 4.69) is 0 Å². The normalized spacial score (nSPS) is 14.4. The lowest BCUT2D eigenvalue weighted by Crippen LogP contribution is -2.36. The zero-order valence-electron chi connectivity index (χ0n) is 8.91. The lowest BCUT2D eigenvalue weighted by molar-refractivity contribution is -0.135. The summed E-state index contributed by atoms with van der Waals surface area (Å²) in [4.78, 5) is 10.9. The fourth-order valence-electron chi connectivity index (χ4n) is 1.43. The number of hydrogen-bond donors (Lipinski definition) is 3. The Morgan fingerprint density at radius 2 is 1.81 bits per heavy atom. The van der Waals surface area contributed by atoms with E-state index in [1.54, 1.807) is 0 Å². The summed E-state index contributed by atoms with van der Waals surface area (Å²) < 4.78 is 0. The van der Waals surface area contributed by atoms with Crippen LogP contribution >= 0.6 is 0 Å². The Kier molecular flexibility index (Phi) is 5.11. The number of carbonyl (C=O) groups is 1. The number of aryl methyl sites for hydroxylation is 1. The molecule has 0 spiro atoms. The van der Waals surface area contributed by atoms with Crippen molar-refractivity contribution in [1.82, 2.24) is 0 Å². The minimum Gasteiger partial charge on any atom is -0.390 e. The van der Waals surface area contributed by atoms with E-state index in [4.69, 9.17) is 5.11 Å². The number of ketones is 1. The van der Waals surface area contributed by atoms with Gasteiger partial charge in [0.1, 0.15) is 12.7 Å². The van der Waals surface area contributed by atoms with Gasteiger partial charge in [0.05, 0.1) is 6.10 Å². The van der Waals surface area contributed by atoms with Gasteiger partial charge in [0.25, 0.3) is 0 Å². The first-order valence-electron chi connectivity index (χ1n) is 5.18. The molecule has 0 aliphatic carbocycles. The van der Waals surface area contributed by atoms with Crippen LogP contribution in [0.25, 0.3) is 0 Å². The van der Waals surface area contributed by atoms with Gasteiger partial charge in [-0.2, -0.15) is 0 Å². The van der Waals surface area contributed by atoms with Crippen LogP contribution in [0.4, 0.5) is 0 Å². The van der Waals surface area contributed by atoms with Crippen molar-refractivity contribution in [2.45, 2.75) is 25.0 Å². The lowest BCUT2D eigenvalue weighted by Gasteiger charge is -2.15. The number of hydrogen-bond acceptors (Lipinski definition) is 4. The van der Waals surface area contributed by atoms with Crippen molar-refractivity contribution in [3.63, 3.8) is 0 Å². The van der Waals surface area contributed by atoms with Crippen LogP contribution in [0.5, 0.6) is 0 Å². The Balaban J connectivity index is 2.41. The molecule has 88 valence electrons. The number of benzene rings is 1. The van der Waals surface area contributed by atoms with Crippen LogP contribution in [0.2, 0.25) is 0 Å². The van der Waals surface area contributed by atoms with Crippen LogP contribution in [0, 0.1) is 0 Å². The van der Waals surface area contributed by atoms with Crippen molar-refractivity contribution < 1.29 is 20.1 Å². The second kappa shape index (κ2) is 6.37. The second-order valence-electron chi connectivity index (χ2n) is 3.66. The van der Waals surface area contributed by atoms with Crippen molar-refractivity contribution in [2.24, 2.45) is 0 Å². The van der Waals surface area contributed by atoms with Crippen LogP contribution in [-0.2, 0) is 11.2 Å². The summed E-state index contributed by atoms with van der Waals surface area (Å²) in [5.41, 5.74) is 1.03. The molecule has 0 radical (unpaired) electrons. The number of aliphatic hydroxyl groups is 3. The quantitative estimate of drug-likeness (QED) is 0.630. The maximum atomic E-state index is 10.9. The molecule has 0 bridgehead atoms. The molecule has 4 heteroatoms. The highest BCUT2D eigenvalue weighted by atomic mass is 16.3. The van der Waals surface area contributed by atoms with Gasteiger partial charge in [-0.05, 0) is 18.4 Å². The third-order valence-electron chi connectivity index (χ3n) is 2.42. The molecule has 1 aromatic rings. The first-order chi connectivity index (χ1) is 7.65. The van der Waals surface area contributed by atoms with Gasteiger partial charge in [0, 0.05) is 0 Å². The fraction of sp³-hybridized carbons (Fsp3) is 0.417. The summed E-state index contributed by atoms with van der Waals surface area (Å²) in [5, 5.41) is 27.3. The van der Waals surface area contributed by atoms with Crippen LogP contribution in [0.15, 0.2) is 30.3 Å². The summed E-state index contributed by atoms with van der Waals surface area (Å²) >= 11 is 0. The van der Waals surface area contributed by atoms with Crippen molar-refractivity contribution >= 4 is 5.78 Å². The molecule has 0 aliphatic rings. The van der Waals surface area contributed by atoms with E-state index in [9.17, 15) is 15.0 Å². The van der Waals surface area contributed by atoms with Gasteiger partial charge in [-0.25, -0.2) is 0 Å². The van der Waals surface area contributed by atoms with Crippen LogP contribution in [-0.4, -0.2) is 39.9 Å². The summed E-state index contributed by atoms with van der Waals surface area (Å²) in [6.07, 6.45) is -1.75. The van der Waals surface area contributed by atoms with Crippen molar-refractivity contribution in [3.8, 4) is 0 Å². The zero-order valence-corrected chi connectivity index (χ0v) is 8.91. The van der Waals surface area contributed by atoms with Gasteiger partial charge in [-0.1, -0.05) is 30.3 Å². The molecule has 0 saturated carbocycles. The van der Waals surface area contributed by atoms with Crippen LogP contribution < -0.4 is 0 Å². The minimum absolute atomic E-state index is 0.289. The van der Waals surface area contributed by atoms with Crippen molar-refractivity contribution in [1.29, 1.82) is 0 Å². The summed E-state index contributed by atoms with van der Waals surface area (Å²) in [5.74, 6) is -0.749. The van der Waals surface area contributed by atoms with Gasteiger partial charge in [-0.15, -0.1) is 0 Å². The van der Waals surface area contributed by atoms with E-state index in [1.165, 1.54) is 0 Å². The molecule has 0 saturated heterocycles. The molecule has 2 atom stereocenters. The predicted molar refractivity (Wildman–Crippen MR) is 58.9 cm³/mol. The molecular weight excluding hydrogens is 208 g/mol. The molecule has 0 amide bonds. The lowest BCUT2D eigenvalue weighted by atomic mass is 10.0. The molecule has 1 rings (SSSR count). The summed E-state index contributed by atoms with van der Waals surface area (Å²) in [6.45, 7) is -0.746. The molecular formula is C12H16O4. The third-order valence-corrected chi connectivity index (χ3v) is 2.42. The Labute approximate surface area is 94.2 Å². The Morgan fingerprint density at radius 1 is 1.19 bits per heavy atom. The summed E-state index contributed by atoms with van der Waals surface area (Å²) in [7, 11) is 0. The van der Waals surface area contributed by atoms with Gasteiger partial charge in [0.2, 0.25) is 0 Å². The summed E-state index contributed by atoms with van der Waals surface area (Å²) in [6, 6.07) is 9.48. The fourth-order valence-corrected chi connectivity index (χ4v) is 1.43. The van der Waals surface area contributed by atoms with E-state index in [0.717, 1.165) is 5.56 Å². The molecule has 3 N–H and O–H groups in total. The molecule has 0 unspecified atom stereocenters. The third kappa shape index (κ3) is 3.73. The van der Waals surface area contributed by atoms with Crippen molar-refractivity contribution in [2.75, 3.05) is 6.61 Å².